The molecule has 0 aromatic rings. The lowest BCUT2D eigenvalue weighted by molar-refractivity contribution is -0.150. The number of alkyl halides is 2. The van der Waals surface area contributed by atoms with Crippen molar-refractivity contribution in [3.63, 3.8) is 0 Å². The van der Waals surface area contributed by atoms with Gasteiger partial charge in [-0.25, -0.2) is 4.79 Å². The zero-order chi connectivity index (χ0) is 16.4. The molecule has 1 atom stereocenters. The van der Waals surface area contributed by atoms with Crippen LogP contribution in [0.25, 0.3) is 0 Å². The van der Waals surface area contributed by atoms with Gasteiger partial charge in [-0.2, -0.15) is 8.78 Å². The smallest absolute Gasteiger partial charge is 0.328 e. The SMILES string of the molecule is CCCCCCCCCCC(F)(F)C(=O)N[C@H]1CCOC1=O. The van der Waals surface area contributed by atoms with Crippen molar-refractivity contribution < 1.29 is 23.1 Å². The second-order valence-corrected chi connectivity index (χ2v) is 5.91. The van der Waals surface area contributed by atoms with Crippen LogP contribution in [-0.4, -0.2) is 30.4 Å². The molecule has 0 spiro atoms. The Balaban J connectivity index is 2.14. The minimum absolute atomic E-state index is 0.174. The zero-order valence-electron chi connectivity index (χ0n) is 13.3. The molecule has 0 bridgehead atoms. The number of halogens is 2. The van der Waals surface area contributed by atoms with Crippen LogP contribution >= 0.6 is 0 Å². The molecule has 128 valence electrons. The van der Waals surface area contributed by atoms with Gasteiger partial charge in [-0.1, -0.05) is 51.9 Å². The topological polar surface area (TPSA) is 55.4 Å². The quantitative estimate of drug-likeness (QED) is 0.468. The summed E-state index contributed by atoms with van der Waals surface area (Å²) >= 11 is 0. The average molecular weight is 319 g/mol. The summed E-state index contributed by atoms with van der Waals surface area (Å²) < 4.78 is 32.1. The lowest BCUT2D eigenvalue weighted by Gasteiger charge is -2.17. The number of esters is 1. The van der Waals surface area contributed by atoms with Crippen molar-refractivity contribution in [2.24, 2.45) is 0 Å². The van der Waals surface area contributed by atoms with Crippen LogP contribution in [0.1, 0.15) is 71.1 Å². The number of rotatable bonds is 11. The maximum absolute atomic E-state index is 13.7. The van der Waals surface area contributed by atoms with Gasteiger partial charge in [0.2, 0.25) is 0 Å². The Morgan fingerprint density at radius 3 is 2.32 bits per heavy atom. The highest BCUT2D eigenvalue weighted by Crippen LogP contribution is 2.23. The average Bonchev–Trinajstić information content (AvgIpc) is 2.87. The Labute approximate surface area is 131 Å². The Morgan fingerprint density at radius 2 is 1.77 bits per heavy atom. The standard InChI is InChI=1S/C16H27F2NO3/c1-2-3-4-5-6-7-8-9-11-16(17,18)15(21)19-13-10-12-22-14(13)20/h13H,2-12H2,1H3,(H,19,21)/t13-/m0/s1. The molecule has 0 aromatic heterocycles. The normalized spacial score (nSPS) is 18.3. The van der Waals surface area contributed by atoms with Gasteiger partial charge in [0.15, 0.2) is 0 Å². The molecule has 0 unspecified atom stereocenters. The number of hydrogen-bond donors (Lipinski definition) is 1. The van der Waals surface area contributed by atoms with Gasteiger partial charge in [-0.3, -0.25) is 4.79 Å². The first kappa shape index (κ1) is 18.8. The fourth-order valence-electron chi connectivity index (χ4n) is 2.49. The van der Waals surface area contributed by atoms with E-state index in [4.69, 9.17) is 0 Å². The van der Waals surface area contributed by atoms with Gasteiger partial charge in [0.1, 0.15) is 6.04 Å². The molecule has 1 aliphatic rings. The van der Waals surface area contributed by atoms with Crippen LogP contribution in [0.4, 0.5) is 8.78 Å². The molecule has 1 fully saturated rings. The van der Waals surface area contributed by atoms with E-state index in [1.165, 1.54) is 19.3 Å². The molecule has 1 rings (SSSR count). The Hall–Kier alpha value is -1.20. The molecule has 4 nitrogen and oxygen atoms in total. The summed E-state index contributed by atoms with van der Waals surface area (Å²) in [5.41, 5.74) is 0. The lowest BCUT2D eigenvalue weighted by Crippen LogP contribution is -2.46. The van der Waals surface area contributed by atoms with E-state index < -0.39 is 30.3 Å². The van der Waals surface area contributed by atoms with Gasteiger partial charge in [-0.05, 0) is 6.42 Å². The molecule has 0 radical (unpaired) electrons. The maximum atomic E-state index is 13.7. The van der Waals surface area contributed by atoms with Gasteiger partial charge in [0, 0.05) is 12.8 Å². The van der Waals surface area contributed by atoms with Crippen LogP contribution in [0, 0.1) is 0 Å². The van der Waals surface area contributed by atoms with Crippen LogP contribution in [-0.2, 0) is 14.3 Å². The van der Waals surface area contributed by atoms with Crippen molar-refractivity contribution in [3.05, 3.63) is 0 Å². The summed E-state index contributed by atoms with van der Waals surface area (Å²) in [6, 6.07) is -0.919. The summed E-state index contributed by atoms with van der Waals surface area (Å²) in [4.78, 5) is 22.7. The molecule has 1 aliphatic heterocycles. The molecule has 6 heteroatoms. The Bertz CT molecular complexity index is 361. The van der Waals surface area contributed by atoms with Crippen molar-refractivity contribution in [1.29, 1.82) is 0 Å². The van der Waals surface area contributed by atoms with Crippen LogP contribution in [0.15, 0.2) is 0 Å². The van der Waals surface area contributed by atoms with Crippen LogP contribution in [0.3, 0.4) is 0 Å². The Morgan fingerprint density at radius 1 is 1.18 bits per heavy atom. The monoisotopic (exact) mass is 319 g/mol. The second kappa shape index (κ2) is 9.74. The van der Waals surface area contributed by atoms with E-state index in [9.17, 15) is 18.4 Å². The highest BCUT2D eigenvalue weighted by molar-refractivity contribution is 5.89. The number of unbranched alkanes of at least 4 members (excludes halogenated alkanes) is 7. The third kappa shape index (κ3) is 6.71. The first-order valence-corrected chi connectivity index (χ1v) is 8.33. The molecule has 1 N–H and O–H groups in total. The third-order valence-corrected chi connectivity index (χ3v) is 3.92. The fourth-order valence-corrected chi connectivity index (χ4v) is 2.49. The number of ether oxygens (including phenoxy) is 1. The number of carbonyl (C=O) groups is 2. The molecule has 0 aromatic carbocycles. The summed E-state index contributed by atoms with van der Waals surface area (Å²) in [6.45, 7) is 2.33. The van der Waals surface area contributed by atoms with E-state index in [2.05, 4.69) is 17.0 Å². The van der Waals surface area contributed by atoms with E-state index in [1.54, 1.807) is 0 Å². The minimum atomic E-state index is -3.41. The largest absolute Gasteiger partial charge is 0.464 e. The van der Waals surface area contributed by atoms with Crippen molar-refractivity contribution in [2.45, 2.75) is 83.1 Å². The summed E-state index contributed by atoms with van der Waals surface area (Å²) in [5.74, 6) is -5.40. The van der Waals surface area contributed by atoms with E-state index in [-0.39, 0.29) is 13.0 Å². The van der Waals surface area contributed by atoms with Gasteiger partial charge < -0.3 is 10.1 Å². The lowest BCUT2D eigenvalue weighted by atomic mass is 10.0. The van der Waals surface area contributed by atoms with Crippen molar-refractivity contribution in [3.8, 4) is 0 Å². The second-order valence-electron chi connectivity index (χ2n) is 5.91. The number of cyclic esters (lactones) is 1. The van der Waals surface area contributed by atoms with Crippen LogP contribution < -0.4 is 5.32 Å². The van der Waals surface area contributed by atoms with E-state index in [0.29, 0.717) is 12.8 Å². The third-order valence-electron chi connectivity index (χ3n) is 3.92. The molecule has 1 amide bonds. The molecule has 0 saturated carbocycles. The van der Waals surface area contributed by atoms with Crippen molar-refractivity contribution >= 4 is 11.9 Å². The number of nitrogens with one attached hydrogen (secondary N) is 1. The van der Waals surface area contributed by atoms with E-state index in [0.717, 1.165) is 19.3 Å². The fraction of sp³-hybridized carbons (Fsp3) is 0.875. The van der Waals surface area contributed by atoms with E-state index in [1.807, 2.05) is 0 Å². The molecule has 1 saturated heterocycles. The molecular formula is C16H27F2NO3. The van der Waals surface area contributed by atoms with Gasteiger partial charge in [0.05, 0.1) is 6.61 Å². The van der Waals surface area contributed by atoms with Gasteiger partial charge in [0.25, 0.3) is 5.91 Å². The first-order chi connectivity index (χ1) is 10.5. The number of hydrogen-bond acceptors (Lipinski definition) is 3. The number of amides is 1. The van der Waals surface area contributed by atoms with Crippen molar-refractivity contribution in [1.82, 2.24) is 5.32 Å². The highest BCUT2D eigenvalue weighted by atomic mass is 19.3. The van der Waals surface area contributed by atoms with Crippen molar-refractivity contribution in [2.75, 3.05) is 6.61 Å². The Kier molecular flexibility index (Phi) is 8.35. The maximum Gasteiger partial charge on any atom is 0.328 e. The molecule has 22 heavy (non-hydrogen) atoms. The summed E-state index contributed by atoms with van der Waals surface area (Å²) in [5, 5.41) is 2.08. The van der Waals surface area contributed by atoms with Crippen LogP contribution in [0.5, 0.6) is 0 Å². The minimum Gasteiger partial charge on any atom is -0.464 e. The molecule has 1 heterocycles. The molecular weight excluding hydrogens is 292 g/mol. The van der Waals surface area contributed by atoms with E-state index >= 15 is 0 Å². The first-order valence-electron chi connectivity index (χ1n) is 8.33. The number of carbonyl (C=O) groups excluding carboxylic acids is 2. The molecule has 0 aliphatic carbocycles. The summed E-state index contributed by atoms with van der Waals surface area (Å²) in [6.07, 6.45) is 7.58. The zero-order valence-corrected chi connectivity index (χ0v) is 13.3. The van der Waals surface area contributed by atoms with Crippen LogP contribution in [0.2, 0.25) is 0 Å². The predicted octanol–water partition coefficient (Wildman–Crippen LogP) is 3.58. The highest BCUT2D eigenvalue weighted by Gasteiger charge is 2.41. The van der Waals surface area contributed by atoms with Gasteiger partial charge >= 0.3 is 11.9 Å². The predicted molar refractivity (Wildman–Crippen MR) is 79.7 cm³/mol. The summed E-state index contributed by atoms with van der Waals surface area (Å²) in [7, 11) is 0. The van der Waals surface area contributed by atoms with Gasteiger partial charge in [-0.15, -0.1) is 0 Å².